The lowest BCUT2D eigenvalue weighted by molar-refractivity contribution is -0.143. The SMILES string of the molecule is CCOC(=O)CN(CC(C)C)C(=O)c1ccccc1NC. The zero-order valence-corrected chi connectivity index (χ0v) is 13.2. The summed E-state index contributed by atoms with van der Waals surface area (Å²) in [4.78, 5) is 25.9. The maximum absolute atomic E-state index is 12.7. The first-order chi connectivity index (χ1) is 9.99. The number of para-hydroxylation sites is 1. The van der Waals surface area contributed by atoms with E-state index in [-0.39, 0.29) is 24.3 Å². The van der Waals surface area contributed by atoms with Crippen LogP contribution in [0.2, 0.25) is 0 Å². The highest BCUT2D eigenvalue weighted by atomic mass is 16.5. The number of benzene rings is 1. The van der Waals surface area contributed by atoms with Crippen molar-refractivity contribution in [2.45, 2.75) is 20.8 Å². The Morgan fingerprint density at radius 3 is 2.52 bits per heavy atom. The van der Waals surface area contributed by atoms with Crippen LogP contribution in [0.25, 0.3) is 0 Å². The van der Waals surface area contributed by atoms with E-state index in [9.17, 15) is 9.59 Å². The van der Waals surface area contributed by atoms with Gasteiger partial charge in [0.2, 0.25) is 0 Å². The number of nitrogens with zero attached hydrogens (tertiary/aromatic N) is 1. The van der Waals surface area contributed by atoms with E-state index >= 15 is 0 Å². The number of anilines is 1. The molecule has 0 aliphatic heterocycles. The summed E-state index contributed by atoms with van der Waals surface area (Å²) >= 11 is 0. The van der Waals surface area contributed by atoms with Gasteiger partial charge in [-0.3, -0.25) is 9.59 Å². The number of hydrogen-bond acceptors (Lipinski definition) is 4. The van der Waals surface area contributed by atoms with E-state index in [4.69, 9.17) is 4.74 Å². The molecule has 0 aromatic heterocycles. The van der Waals surface area contributed by atoms with E-state index in [0.717, 1.165) is 5.69 Å². The van der Waals surface area contributed by atoms with E-state index in [2.05, 4.69) is 5.32 Å². The minimum Gasteiger partial charge on any atom is -0.465 e. The van der Waals surface area contributed by atoms with Crippen LogP contribution < -0.4 is 5.32 Å². The molecule has 0 saturated heterocycles. The molecule has 1 N–H and O–H groups in total. The molecule has 0 bridgehead atoms. The third-order valence-electron chi connectivity index (χ3n) is 2.92. The van der Waals surface area contributed by atoms with Crippen LogP contribution in [0, 0.1) is 5.92 Å². The van der Waals surface area contributed by atoms with Crippen molar-refractivity contribution in [3.05, 3.63) is 29.8 Å². The molecular weight excluding hydrogens is 268 g/mol. The first-order valence-corrected chi connectivity index (χ1v) is 7.21. The highest BCUT2D eigenvalue weighted by molar-refractivity contribution is 6.00. The molecule has 1 amide bonds. The van der Waals surface area contributed by atoms with Crippen molar-refractivity contribution in [1.82, 2.24) is 4.90 Å². The Hall–Kier alpha value is -2.04. The molecule has 0 heterocycles. The van der Waals surface area contributed by atoms with E-state index < -0.39 is 0 Å². The molecule has 0 aliphatic carbocycles. The normalized spacial score (nSPS) is 10.3. The van der Waals surface area contributed by atoms with Gasteiger partial charge in [0.25, 0.3) is 5.91 Å². The van der Waals surface area contributed by atoms with Gasteiger partial charge in [-0.25, -0.2) is 0 Å². The molecule has 0 unspecified atom stereocenters. The van der Waals surface area contributed by atoms with Crippen LogP contribution in [0.3, 0.4) is 0 Å². The van der Waals surface area contributed by atoms with Crippen LogP contribution in [0.5, 0.6) is 0 Å². The lowest BCUT2D eigenvalue weighted by Crippen LogP contribution is -2.39. The van der Waals surface area contributed by atoms with Gasteiger partial charge in [-0.2, -0.15) is 0 Å². The highest BCUT2D eigenvalue weighted by Crippen LogP contribution is 2.17. The molecule has 0 radical (unpaired) electrons. The average molecular weight is 292 g/mol. The number of amides is 1. The Morgan fingerprint density at radius 1 is 1.29 bits per heavy atom. The summed E-state index contributed by atoms with van der Waals surface area (Å²) in [6.45, 7) is 6.57. The zero-order chi connectivity index (χ0) is 15.8. The molecule has 1 aromatic carbocycles. The maximum atomic E-state index is 12.7. The van der Waals surface area contributed by atoms with Crippen molar-refractivity contribution >= 4 is 17.6 Å². The van der Waals surface area contributed by atoms with Crippen LogP contribution >= 0.6 is 0 Å². The molecule has 0 aliphatic rings. The molecule has 1 aromatic rings. The second-order valence-electron chi connectivity index (χ2n) is 5.18. The van der Waals surface area contributed by atoms with Gasteiger partial charge >= 0.3 is 5.97 Å². The predicted molar refractivity (Wildman–Crippen MR) is 83.4 cm³/mol. The summed E-state index contributed by atoms with van der Waals surface area (Å²) in [5, 5.41) is 3.00. The van der Waals surface area contributed by atoms with Gasteiger partial charge in [0.05, 0.1) is 12.2 Å². The summed E-state index contributed by atoms with van der Waals surface area (Å²) in [7, 11) is 1.77. The van der Waals surface area contributed by atoms with Crippen molar-refractivity contribution in [2.24, 2.45) is 5.92 Å². The quantitative estimate of drug-likeness (QED) is 0.784. The minimum atomic E-state index is -0.381. The molecule has 5 nitrogen and oxygen atoms in total. The van der Waals surface area contributed by atoms with E-state index in [1.54, 1.807) is 24.9 Å². The molecule has 1 rings (SSSR count). The number of rotatable bonds is 7. The number of carbonyl (C=O) groups is 2. The molecular formula is C16H24N2O3. The lowest BCUT2D eigenvalue weighted by atomic mass is 10.1. The van der Waals surface area contributed by atoms with E-state index in [1.165, 1.54) is 0 Å². The molecule has 0 fully saturated rings. The summed E-state index contributed by atoms with van der Waals surface area (Å²) < 4.78 is 4.95. The predicted octanol–water partition coefficient (Wildman–Crippen LogP) is 2.39. The largest absolute Gasteiger partial charge is 0.465 e. The van der Waals surface area contributed by atoms with Gasteiger partial charge in [-0.1, -0.05) is 26.0 Å². The van der Waals surface area contributed by atoms with E-state index in [0.29, 0.717) is 18.7 Å². The van der Waals surface area contributed by atoms with E-state index in [1.807, 2.05) is 32.0 Å². The summed E-state index contributed by atoms with van der Waals surface area (Å²) in [5.41, 5.74) is 1.31. The first-order valence-electron chi connectivity index (χ1n) is 7.21. The van der Waals surface area contributed by atoms with Crippen LogP contribution in [-0.4, -0.2) is 43.5 Å². The summed E-state index contributed by atoms with van der Waals surface area (Å²) in [6.07, 6.45) is 0. The standard InChI is InChI=1S/C16H24N2O3/c1-5-21-15(19)11-18(10-12(2)3)16(20)13-8-6-7-9-14(13)17-4/h6-9,12,17H,5,10-11H2,1-4H3. The van der Waals surface area contributed by atoms with Gasteiger partial charge < -0.3 is 15.0 Å². The molecule has 0 saturated carbocycles. The molecule has 5 heteroatoms. The topological polar surface area (TPSA) is 58.6 Å². The first kappa shape index (κ1) is 17.0. The van der Waals surface area contributed by atoms with Crippen molar-refractivity contribution in [3.8, 4) is 0 Å². The number of carbonyl (C=O) groups excluding carboxylic acids is 2. The van der Waals surface area contributed by atoms with Crippen molar-refractivity contribution in [3.63, 3.8) is 0 Å². The fourth-order valence-electron chi connectivity index (χ4n) is 2.08. The Labute approximate surface area is 126 Å². The third kappa shape index (κ3) is 5.10. The van der Waals surface area contributed by atoms with Crippen molar-refractivity contribution in [2.75, 3.05) is 32.1 Å². The molecule has 116 valence electrons. The number of ether oxygens (including phenoxy) is 1. The third-order valence-corrected chi connectivity index (χ3v) is 2.92. The molecule has 0 atom stereocenters. The Kier molecular flexibility index (Phi) is 6.72. The van der Waals surface area contributed by atoms with Gasteiger partial charge in [0, 0.05) is 19.3 Å². The van der Waals surface area contributed by atoms with Crippen LogP contribution in [0.15, 0.2) is 24.3 Å². The highest BCUT2D eigenvalue weighted by Gasteiger charge is 2.22. The zero-order valence-electron chi connectivity index (χ0n) is 13.2. The van der Waals surface area contributed by atoms with Gasteiger partial charge in [0.15, 0.2) is 0 Å². The number of esters is 1. The summed E-state index contributed by atoms with van der Waals surface area (Å²) in [5.74, 6) is -0.278. The monoisotopic (exact) mass is 292 g/mol. The van der Waals surface area contributed by atoms with Gasteiger partial charge in [-0.05, 0) is 25.0 Å². The number of nitrogens with one attached hydrogen (secondary N) is 1. The van der Waals surface area contributed by atoms with Gasteiger partial charge in [0.1, 0.15) is 6.54 Å². The Morgan fingerprint density at radius 2 is 1.95 bits per heavy atom. The second kappa shape index (κ2) is 8.29. The number of hydrogen-bond donors (Lipinski definition) is 1. The molecule has 0 spiro atoms. The van der Waals surface area contributed by atoms with Gasteiger partial charge in [-0.15, -0.1) is 0 Å². The van der Waals surface area contributed by atoms with Crippen LogP contribution in [0.1, 0.15) is 31.1 Å². The summed E-state index contributed by atoms with van der Waals surface area (Å²) in [6, 6.07) is 7.27. The minimum absolute atomic E-state index is 0.0249. The maximum Gasteiger partial charge on any atom is 0.325 e. The fourth-order valence-corrected chi connectivity index (χ4v) is 2.08. The second-order valence-corrected chi connectivity index (χ2v) is 5.18. The Bertz CT molecular complexity index is 486. The van der Waals surface area contributed by atoms with Crippen LogP contribution in [-0.2, 0) is 9.53 Å². The average Bonchev–Trinajstić information content (AvgIpc) is 2.45. The van der Waals surface area contributed by atoms with Crippen molar-refractivity contribution in [1.29, 1.82) is 0 Å². The molecule has 21 heavy (non-hydrogen) atoms. The lowest BCUT2D eigenvalue weighted by Gasteiger charge is -2.24. The van der Waals surface area contributed by atoms with Crippen molar-refractivity contribution < 1.29 is 14.3 Å². The Balaban J connectivity index is 2.96. The van der Waals surface area contributed by atoms with Crippen LogP contribution in [0.4, 0.5) is 5.69 Å². The smallest absolute Gasteiger partial charge is 0.325 e. The fraction of sp³-hybridized carbons (Fsp3) is 0.500.